The molecule has 1 aromatic heterocycles. The van der Waals surface area contributed by atoms with Crippen molar-refractivity contribution in [3.05, 3.63) is 75.6 Å². The van der Waals surface area contributed by atoms with E-state index in [0.29, 0.717) is 12.0 Å². The zero-order chi connectivity index (χ0) is 17.1. The summed E-state index contributed by atoms with van der Waals surface area (Å²) < 4.78 is 0. The second kappa shape index (κ2) is 6.71. The third-order valence-electron chi connectivity index (χ3n) is 4.12. The summed E-state index contributed by atoms with van der Waals surface area (Å²) >= 11 is 0. The summed E-state index contributed by atoms with van der Waals surface area (Å²) in [4.78, 5) is 27.2. The Bertz CT molecular complexity index is 957. The standard InChI is InChI=1S/C20H20N2O2/c1-13-7-9-18-16(11-13)12-15(20(24)22-18)8-10-19(23)21-17-6-4-3-5-14(17)2/h3-7,9,11-12H,8,10H2,1-2H3,(H,21,23)(H,22,24). The molecule has 0 unspecified atom stereocenters. The number of aromatic amines is 1. The van der Waals surface area contributed by atoms with Gasteiger partial charge < -0.3 is 10.3 Å². The number of rotatable bonds is 4. The molecule has 4 nitrogen and oxygen atoms in total. The fourth-order valence-corrected chi connectivity index (χ4v) is 2.73. The number of pyridine rings is 1. The monoisotopic (exact) mass is 320 g/mol. The lowest BCUT2D eigenvalue weighted by atomic mass is 10.1. The third-order valence-corrected chi connectivity index (χ3v) is 4.12. The van der Waals surface area contributed by atoms with Gasteiger partial charge in [0.25, 0.3) is 5.56 Å². The molecule has 0 spiro atoms. The van der Waals surface area contributed by atoms with Crippen molar-refractivity contribution in [2.24, 2.45) is 0 Å². The van der Waals surface area contributed by atoms with Gasteiger partial charge in [-0.2, -0.15) is 0 Å². The summed E-state index contributed by atoms with van der Waals surface area (Å²) in [5.74, 6) is -0.0898. The highest BCUT2D eigenvalue weighted by Gasteiger charge is 2.08. The molecule has 0 saturated heterocycles. The largest absolute Gasteiger partial charge is 0.326 e. The van der Waals surface area contributed by atoms with Crippen LogP contribution in [0.1, 0.15) is 23.1 Å². The van der Waals surface area contributed by atoms with E-state index >= 15 is 0 Å². The molecule has 0 fully saturated rings. The minimum Gasteiger partial charge on any atom is -0.326 e. The molecule has 1 amide bonds. The SMILES string of the molecule is Cc1ccc2[nH]c(=O)c(CCC(=O)Nc3ccccc3C)cc2c1. The number of carbonyl (C=O) groups excluding carboxylic acids is 1. The molecule has 0 saturated carbocycles. The Hall–Kier alpha value is -2.88. The van der Waals surface area contributed by atoms with E-state index in [1.807, 2.05) is 62.4 Å². The molecule has 2 N–H and O–H groups in total. The number of carbonyl (C=O) groups is 1. The van der Waals surface area contributed by atoms with Gasteiger partial charge in [-0.25, -0.2) is 0 Å². The van der Waals surface area contributed by atoms with E-state index in [4.69, 9.17) is 0 Å². The Morgan fingerprint density at radius 3 is 2.67 bits per heavy atom. The topological polar surface area (TPSA) is 62.0 Å². The number of hydrogen-bond acceptors (Lipinski definition) is 2. The van der Waals surface area contributed by atoms with Crippen LogP contribution in [0.25, 0.3) is 10.9 Å². The molecule has 0 aliphatic rings. The molecule has 4 heteroatoms. The number of fused-ring (bicyclic) bond motifs is 1. The molecular formula is C20H20N2O2. The molecule has 0 bridgehead atoms. The van der Waals surface area contributed by atoms with Gasteiger partial charge in [-0.05, 0) is 55.5 Å². The van der Waals surface area contributed by atoms with Gasteiger partial charge in [0.15, 0.2) is 0 Å². The predicted octanol–water partition coefficient (Wildman–Crippen LogP) is 3.72. The van der Waals surface area contributed by atoms with E-state index in [0.717, 1.165) is 27.7 Å². The lowest BCUT2D eigenvalue weighted by molar-refractivity contribution is -0.116. The van der Waals surface area contributed by atoms with Gasteiger partial charge in [-0.1, -0.05) is 29.8 Å². The molecule has 0 atom stereocenters. The molecule has 3 rings (SSSR count). The van der Waals surface area contributed by atoms with Gasteiger partial charge in [0.2, 0.25) is 5.91 Å². The first kappa shape index (κ1) is 16.0. The van der Waals surface area contributed by atoms with Crippen molar-refractivity contribution in [1.29, 1.82) is 0 Å². The maximum absolute atomic E-state index is 12.2. The Kier molecular flexibility index (Phi) is 4.47. The van der Waals surface area contributed by atoms with Crippen LogP contribution in [0, 0.1) is 13.8 Å². The van der Waals surface area contributed by atoms with E-state index in [1.54, 1.807) is 0 Å². The first-order chi connectivity index (χ1) is 11.5. The van der Waals surface area contributed by atoms with Gasteiger partial charge in [0.1, 0.15) is 0 Å². The summed E-state index contributed by atoms with van der Waals surface area (Å²) in [6.07, 6.45) is 0.686. The Balaban J connectivity index is 1.73. The number of para-hydroxylation sites is 1. The first-order valence-corrected chi connectivity index (χ1v) is 8.01. The number of amides is 1. The van der Waals surface area contributed by atoms with Crippen LogP contribution in [0.3, 0.4) is 0 Å². The first-order valence-electron chi connectivity index (χ1n) is 8.01. The smallest absolute Gasteiger partial charge is 0.251 e. The lowest BCUT2D eigenvalue weighted by Crippen LogP contribution is -2.17. The second-order valence-corrected chi connectivity index (χ2v) is 6.08. The average molecular weight is 320 g/mol. The number of aromatic nitrogens is 1. The van der Waals surface area contributed by atoms with E-state index in [-0.39, 0.29) is 17.9 Å². The number of aryl methyl sites for hydroxylation is 3. The van der Waals surface area contributed by atoms with E-state index in [2.05, 4.69) is 10.3 Å². The Morgan fingerprint density at radius 2 is 1.88 bits per heavy atom. The zero-order valence-electron chi connectivity index (χ0n) is 13.8. The van der Waals surface area contributed by atoms with Crippen LogP contribution in [0.5, 0.6) is 0 Å². The highest BCUT2D eigenvalue weighted by molar-refractivity contribution is 5.91. The highest BCUT2D eigenvalue weighted by atomic mass is 16.1. The summed E-state index contributed by atoms with van der Waals surface area (Å²) in [5.41, 5.74) is 4.29. The normalized spacial score (nSPS) is 10.8. The van der Waals surface area contributed by atoms with Gasteiger partial charge in [-0.15, -0.1) is 0 Å². The molecule has 122 valence electrons. The number of H-pyrrole nitrogens is 1. The van der Waals surface area contributed by atoms with Crippen molar-refractivity contribution in [1.82, 2.24) is 4.98 Å². The van der Waals surface area contributed by atoms with E-state index in [9.17, 15) is 9.59 Å². The minimum atomic E-state index is -0.130. The zero-order valence-corrected chi connectivity index (χ0v) is 13.8. The van der Waals surface area contributed by atoms with E-state index in [1.165, 1.54) is 0 Å². The van der Waals surface area contributed by atoms with Gasteiger partial charge in [-0.3, -0.25) is 9.59 Å². The Labute approximate surface area is 140 Å². The molecule has 0 aliphatic heterocycles. The van der Waals surface area contributed by atoms with E-state index < -0.39 is 0 Å². The van der Waals surface area contributed by atoms with Crippen molar-refractivity contribution < 1.29 is 4.79 Å². The number of nitrogens with one attached hydrogen (secondary N) is 2. The summed E-state index contributed by atoms with van der Waals surface area (Å²) in [6, 6.07) is 15.4. The highest BCUT2D eigenvalue weighted by Crippen LogP contribution is 2.15. The summed E-state index contributed by atoms with van der Waals surface area (Å²) in [5, 5.41) is 3.88. The van der Waals surface area contributed by atoms with Crippen molar-refractivity contribution >= 4 is 22.5 Å². The predicted molar refractivity (Wildman–Crippen MR) is 97.4 cm³/mol. The number of anilines is 1. The second-order valence-electron chi connectivity index (χ2n) is 6.08. The van der Waals surface area contributed by atoms with Crippen molar-refractivity contribution in [2.75, 3.05) is 5.32 Å². The summed E-state index contributed by atoms with van der Waals surface area (Å²) in [6.45, 7) is 3.96. The maximum atomic E-state index is 12.2. The molecule has 2 aromatic carbocycles. The van der Waals surface area contributed by atoms with Gasteiger partial charge >= 0.3 is 0 Å². The third kappa shape index (κ3) is 3.54. The van der Waals surface area contributed by atoms with Crippen LogP contribution in [-0.4, -0.2) is 10.9 Å². The maximum Gasteiger partial charge on any atom is 0.251 e. The van der Waals surface area contributed by atoms with Crippen molar-refractivity contribution in [2.45, 2.75) is 26.7 Å². The minimum absolute atomic E-state index is 0.0898. The van der Waals surface area contributed by atoms with Crippen LogP contribution in [0.4, 0.5) is 5.69 Å². The number of benzene rings is 2. The van der Waals surface area contributed by atoms with Crippen molar-refractivity contribution in [3.63, 3.8) is 0 Å². The van der Waals surface area contributed by atoms with Gasteiger partial charge in [0, 0.05) is 23.2 Å². The summed E-state index contributed by atoms with van der Waals surface area (Å²) in [7, 11) is 0. The number of hydrogen-bond donors (Lipinski definition) is 2. The molecule has 3 aromatic rings. The van der Waals surface area contributed by atoms with Crippen LogP contribution in [0.15, 0.2) is 53.3 Å². The van der Waals surface area contributed by atoms with Crippen LogP contribution in [-0.2, 0) is 11.2 Å². The fraction of sp³-hybridized carbons (Fsp3) is 0.200. The quantitative estimate of drug-likeness (QED) is 0.769. The molecule has 0 aliphatic carbocycles. The molecular weight excluding hydrogens is 300 g/mol. The molecule has 1 heterocycles. The average Bonchev–Trinajstić information content (AvgIpc) is 2.55. The molecule has 24 heavy (non-hydrogen) atoms. The molecule has 0 radical (unpaired) electrons. The van der Waals surface area contributed by atoms with Crippen LogP contribution >= 0.6 is 0 Å². The van der Waals surface area contributed by atoms with Crippen LogP contribution < -0.4 is 10.9 Å². The lowest BCUT2D eigenvalue weighted by Gasteiger charge is -2.08. The Morgan fingerprint density at radius 1 is 1.08 bits per heavy atom. The van der Waals surface area contributed by atoms with Crippen molar-refractivity contribution in [3.8, 4) is 0 Å². The fourth-order valence-electron chi connectivity index (χ4n) is 2.73. The van der Waals surface area contributed by atoms with Gasteiger partial charge in [0.05, 0.1) is 0 Å². The van der Waals surface area contributed by atoms with Crippen LogP contribution in [0.2, 0.25) is 0 Å².